The first kappa shape index (κ1) is 12.1. The molecule has 0 saturated heterocycles. The van der Waals surface area contributed by atoms with Crippen molar-refractivity contribution >= 4 is 19.5 Å². The van der Waals surface area contributed by atoms with Crippen molar-refractivity contribution in [1.29, 1.82) is 0 Å². The molecule has 7 nitrogen and oxygen atoms in total. The van der Waals surface area contributed by atoms with Crippen LogP contribution in [0.4, 0.5) is 0 Å². The van der Waals surface area contributed by atoms with Crippen molar-refractivity contribution in [2.24, 2.45) is 0 Å². The minimum absolute atomic E-state index is 0.798. The fraction of sp³-hybridized carbons (Fsp3) is 0.600. The summed E-state index contributed by atoms with van der Waals surface area (Å²) in [5.41, 5.74) is 0. The zero-order chi connectivity index (χ0) is 10.5. The van der Waals surface area contributed by atoms with Crippen LogP contribution < -0.4 is 0 Å². The van der Waals surface area contributed by atoms with Gasteiger partial charge in [0.25, 0.3) is 0 Å². The maximum absolute atomic E-state index is 11.0. The fourth-order valence-electron chi connectivity index (χ4n) is 0.253. The molecule has 0 saturated carbocycles. The van der Waals surface area contributed by atoms with Crippen molar-refractivity contribution in [3.8, 4) is 0 Å². The molecule has 13 heavy (non-hydrogen) atoms. The Labute approximate surface area is 74.3 Å². The Hall–Kier alpha value is -0.910. The second-order valence-corrected chi connectivity index (χ2v) is 3.91. The molecule has 76 valence electrons. The summed E-state index contributed by atoms with van der Waals surface area (Å²) in [6.07, 6.45) is 0. The molecule has 8 heteroatoms. The molecule has 0 aromatic rings. The van der Waals surface area contributed by atoms with Crippen molar-refractivity contribution in [2.75, 3.05) is 6.66 Å². The zero-order valence-electron chi connectivity index (χ0n) is 7.30. The van der Waals surface area contributed by atoms with Gasteiger partial charge in [0.05, 0.1) is 0 Å². The lowest BCUT2D eigenvalue weighted by atomic mass is 10.9. The molecule has 0 N–H and O–H groups in total. The molecule has 0 rings (SSSR count). The van der Waals surface area contributed by atoms with Crippen LogP contribution in [0.1, 0.15) is 13.8 Å². The van der Waals surface area contributed by atoms with E-state index in [4.69, 9.17) is 0 Å². The highest BCUT2D eigenvalue weighted by molar-refractivity contribution is 7.52. The molecule has 0 atom stereocenters. The van der Waals surface area contributed by atoms with Gasteiger partial charge in [-0.3, -0.25) is 14.3 Å². The molecule has 0 aliphatic carbocycles. The van der Waals surface area contributed by atoms with Crippen LogP contribution in [-0.4, -0.2) is 18.6 Å². The van der Waals surface area contributed by atoms with Crippen LogP contribution in [0.15, 0.2) is 0 Å². The molecule has 0 aliphatic rings. The molecule has 0 spiro atoms. The van der Waals surface area contributed by atoms with Crippen molar-refractivity contribution in [3.05, 3.63) is 0 Å². The van der Waals surface area contributed by atoms with Crippen molar-refractivity contribution < 1.29 is 33.3 Å². The highest BCUT2D eigenvalue weighted by Crippen LogP contribution is 2.44. The standard InChI is InChI=1S/C5H9O7P/c1-4(6)9-11-13(3,8)12-10-5(2)7/h1-3H3. The van der Waals surface area contributed by atoms with Gasteiger partial charge in [0.15, 0.2) is 0 Å². The van der Waals surface area contributed by atoms with Crippen LogP contribution >= 0.6 is 7.60 Å². The van der Waals surface area contributed by atoms with E-state index in [9.17, 15) is 14.2 Å². The van der Waals surface area contributed by atoms with E-state index in [2.05, 4.69) is 19.1 Å². The Kier molecular flexibility index (Phi) is 4.61. The molecule has 0 fully saturated rings. The number of hydrogen-bond donors (Lipinski definition) is 0. The second-order valence-electron chi connectivity index (χ2n) is 2.07. The van der Waals surface area contributed by atoms with Crippen LogP contribution in [0.2, 0.25) is 0 Å². The topological polar surface area (TPSA) is 88.1 Å². The molecule has 0 radical (unpaired) electrons. The van der Waals surface area contributed by atoms with Gasteiger partial charge in [0.2, 0.25) is 0 Å². The summed E-state index contributed by atoms with van der Waals surface area (Å²) in [7, 11) is -3.69. The van der Waals surface area contributed by atoms with E-state index in [1.54, 1.807) is 0 Å². The summed E-state index contributed by atoms with van der Waals surface area (Å²) in [4.78, 5) is 28.2. The third-order valence-corrected chi connectivity index (χ3v) is 1.27. The van der Waals surface area contributed by atoms with Gasteiger partial charge >= 0.3 is 19.5 Å². The van der Waals surface area contributed by atoms with E-state index < -0.39 is 19.5 Å². The van der Waals surface area contributed by atoms with Crippen molar-refractivity contribution in [3.63, 3.8) is 0 Å². The quantitative estimate of drug-likeness (QED) is 0.386. The predicted octanol–water partition coefficient (Wildman–Crippen LogP) is 0.799. The third kappa shape index (κ3) is 7.45. The summed E-state index contributed by atoms with van der Waals surface area (Å²) in [6, 6.07) is 0. The largest absolute Gasteiger partial charge is 0.403 e. The Morgan fingerprint density at radius 2 is 1.31 bits per heavy atom. The first-order valence-electron chi connectivity index (χ1n) is 3.14. The molecular weight excluding hydrogens is 203 g/mol. The monoisotopic (exact) mass is 212 g/mol. The highest BCUT2D eigenvalue weighted by atomic mass is 31.2. The van der Waals surface area contributed by atoms with Gasteiger partial charge in [-0.1, -0.05) is 9.35 Å². The maximum atomic E-state index is 11.0. The molecule has 0 unspecified atom stereocenters. The maximum Gasteiger partial charge on any atom is 0.403 e. The number of carbonyl (C=O) groups excluding carboxylic acids is 2. The first-order chi connectivity index (χ1) is 5.83. The Balaban J connectivity index is 3.87. The summed E-state index contributed by atoms with van der Waals surface area (Å²) in [5, 5.41) is 0. The number of carbonyl (C=O) groups is 2. The van der Waals surface area contributed by atoms with E-state index in [1.807, 2.05) is 0 Å². The molecular formula is C5H9O7P. The molecule has 0 heterocycles. The van der Waals surface area contributed by atoms with Crippen LogP contribution in [0.3, 0.4) is 0 Å². The average Bonchev–Trinajstić information content (AvgIpc) is 1.98. The summed E-state index contributed by atoms with van der Waals surface area (Å²) in [6.45, 7) is 3.07. The van der Waals surface area contributed by atoms with E-state index in [1.165, 1.54) is 0 Å². The van der Waals surface area contributed by atoms with Gasteiger partial charge in [-0.25, -0.2) is 9.59 Å². The lowest BCUT2D eigenvalue weighted by Gasteiger charge is -2.08. The van der Waals surface area contributed by atoms with Gasteiger partial charge < -0.3 is 0 Å². The molecule has 0 aliphatic heterocycles. The first-order valence-corrected chi connectivity index (χ1v) is 5.13. The SMILES string of the molecule is CC(=O)OOP(C)(=O)OOC(C)=O. The van der Waals surface area contributed by atoms with Gasteiger partial charge in [0, 0.05) is 20.5 Å². The Bertz CT molecular complexity index is 225. The lowest BCUT2D eigenvalue weighted by Crippen LogP contribution is -2.03. The lowest BCUT2D eigenvalue weighted by molar-refractivity contribution is -0.247. The van der Waals surface area contributed by atoms with Crippen LogP contribution in [0, 0.1) is 0 Å². The fourth-order valence-corrected chi connectivity index (χ4v) is 0.758. The van der Waals surface area contributed by atoms with Crippen LogP contribution in [0.25, 0.3) is 0 Å². The highest BCUT2D eigenvalue weighted by Gasteiger charge is 2.23. The molecule has 0 amide bonds. The van der Waals surface area contributed by atoms with Gasteiger partial charge in [0.1, 0.15) is 0 Å². The molecule has 0 aromatic carbocycles. The van der Waals surface area contributed by atoms with Crippen molar-refractivity contribution in [2.45, 2.75) is 13.8 Å². The van der Waals surface area contributed by atoms with Crippen molar-refractivity contribution in [1.82, 2.24) is 0 Å². The number of rotatable bonds is 4. The summed E-state index contributed by atoms with van der Waals surface area (Å²) < 4.78 is 19.1. The Morgan fingerprint density at radius 1 is 1.00 bits per heavy atom. The minimum Gasteiger partial charge on any atom is -0.290 e. The van der Waals surface area contributed by atoms with E-state index >= 15 is 0 Å². The zero-order valence-corrected chi connectivity index (χ0v) is 8.20. The van der Waals surface area contributed by atoms with E-state index in [0.717, 1.165) is 20.5 Å². The summed E-state index contributed by atoms with van der Waals surface area (Å²) >= 11 is 0. The summed E-state index contributed by atoms with van der Waals surface area (Å²) in [5.74, 6) is -1.60. The second kappa shape index (κ2) is 4.96. The van der Waals surface area contributed by atoms with Crippen LogP contribution in [0.5, 0.6) is 0 Å². The number of hydrogen-bond acceptors (Lipinski definition) is 7. The average molecular weight is 212 g/mol. The third-order valence-electron chi connectivity index (χ3n) is 0.580. The van der Waals surface area contributed by atoms with E-state index in [0.29, 0.717) is 0 Å². The van der Waals surface area contributed by atoms with E-state index in [-0.39, 0.29) is 0 Å². The molecule has 0 bridgehead atoms. The normalized spacial score (nSPS) is 10.7. The van der Waals surface area contributed by atoms with Crippen LogP contribution in [-0.2, 0) is 33.3 Å². The predicted molar refractivity (Wildman–Crippen MR) is 39.2 cm³/mol. The smallest absolute Gasteiger partial charge is 0.290 e. The minimum atomic E-state index is -3.69. The van der Waals surface area contributed by atoms with Gasteiger partial charge in [-0.05, 0) is 0 Å². The molecule has 0 aromatic heterocycles. The van der Waals surface area contributed by atoms with Gasteiger partial charge in [-0.2, -0.15) is 0 Å². The Morgan fingerprint density at radius 3 is 1.54 bits per heavy atom. The van der Waals surface area contributed by atoms with Gasteiger partial charge in [-0.15, -0.1) is 0 Å².